The van der Waals surface area contributed by atoms with Crippen LogP contribution in [0.4, 0.5) is 21.2 Å². The van der Waals surface area contributed by atoms with Gasteiger partial charge in [0, 0.05) is 37.1 Å². The van der Waals surface area contributed by atoms with Gasteiger partial charge in [0.15, 0.2) is 12.5 Å². The molecule has 12 heteroatoms. The fourth-order valence-electron chi connectivity index (χ4n) is 2.87. The SMILES string of the molecule is CN1C(=O)N(c2cc(C(C)(C)C)ncn2)C(O)C1O.CNC(=O)Nc1cc(C(C)(C)C)ncn1. The number of aliphatic hydroxyl groups is 2. The van der Waals surface area contributed by atoms with E-state index >= 15 is 0 Å². The highest BCUT2D eigenvalue weighted by Crippen LogP contribution is 2.27. The van der Waals surface area contributed by atoms with Crippen LogP contribution in [0.3, 0.4) is 0 Å². The fourth-order valence-corrected chi connectivity index (χ4v) is 2.87. The minimum absolute atomic E-state index is 0.0535. The van der Waals surface area contributed by atoms with Crippen LogP contribution in [0.25, 0.3) is 0 Å². The normalized spacial score (nSPS) is 18.4. The second-order valence-electron chi connectivity index (χ2n) is 9.84. The predicted molar refractivity (Wildman–Crippen MR) is 127 cm³/mol. The van der Waals surface area contributed by atoms with Gasteiger partial charge in [-0.1, -0.05) is 41.5 Å². The molecule has 2 aromatic rings. The highest BCUT2D eigenvalue weighted by Gasteiger charge is 2.43. The van der Waals surface area contributed by atoms with Crippen molar-refractivity contribution in [1.29, 1.82) is 0 Å². The smallest absolute Gasteiger partial charge is 0.329 e. The number of urea groups is 2. The summed E-state index contributed by atoms with van der Waals surface area (Å²) in [6.07, 6.45) is 0.202. The van der Waals surface area contributed by atoms with Crippen LogP contribution in [0, 0.1) is 0 Å². The van der Waals surface area contributed by atoms with Crippen molar-refractivity contribution in [2.45, 2.75) is 64.8 Å². The maximum atomic E-state index is 12.0. The first kappa shape index (κ1) is 26.9. The summed E-state index contributed by atoms with van der Waals surface area (Å²) in [5.41, 5.74) is 1.39. The second-order valence-corrected chi connectivity index (χ2v) is 9.84. The van der Waals surface area contributed by atoms with E-state index in [-0.39, 0.29) is 22.7 Å². The van der Waals surface area contributed by atoms with E-state index in [0.29, 0.717) is 5.82 Å². The zero-order chi connectivity index (χ0) is 25.8. The van der Waals surface area contributed by atoms with E-state index in [9.17, 15) is 19.8 Å². The Labute approximate surface area is 199 Å². The molecule has 0 aliphatic carbocycles. The molecule has 0 bridgehead atoms. The number of carbonyl (C=O) groups excluding carboxylic acids is 2. The van der Waals surface area contributed by atoms with E-state index in [2.05, 4.69) is 51.3 Å². The lowest BCUT2D eigenvalue weighted by Gasteiger charge is -2.22. The predicted octanol–water partition coefficient (Wildman–Crippen LogP) is 1.81. The lowest BCUT2D eigenvalue weighted by atomic mass is 9.92. The lowest BCUT2D eigenvalue weighted by Crippen LogP contribution is -2.37. The molecule has 2 atom stereocenters. The third-order valence-corrected chi connectivity index (χ3v) is 5.01. The largest absolute Gasteiger partial charge is 0.369 e. The van der Waals surface area contributed by atoms with E-state index in [0.717, 1.165) is 21.2 Å². The summed E-state index contributed by atoms with van der Waals surface area (Å²) in [5, 5.41) is 24.6. The summed E-state index contributed by atoms with van der Waals surface area (Å²) in [7, 11) is 2.98. The van der Waals surface area contributed by atoms with Crippen LogP contribution in [0.5, 0.6) is 0 Å². The number of likely N-dealkylation sites (N-methyl/N-ethyl adjacent to an activating group) is 1. The molecule has 2 aromatic heterocycles. The number of aromatic nitrogens is 4. The third-order valence-electron chi connectivity index (χ3n) is 5.01. The Bertz CT molecular complexity index is 1020. The number of nitrogens with zero attached hydrogens (tertiary/aromatic N) is 6. The van der Waals surface area contributed by atoms with Crippen LogP contribution in [0.2, 0.25) is 0 Å². The van der Waals surface area contributed by atoms with Crippen LogP contribution in [0.15, 0.2) is 24.8 Å². The zero-order valence-electron chi connectivity index (χ0n) is 20.9. The van der Waals surface area contributed by atoms with Crippen LogP contribution >= 0.6 is 0 Å². The van der Waals surface area contributed by atoms with Crippen molar-refractivity contribution in [3.63, 3.8) is 0 Å². The van der Waals surface area contributed by atoms with Crippen LogP contribution in [0.1, 0.15) is 52.9 Å². The highest BCUT2D eigenvalue weighted by molar-refractivity contribution is 5.93. The second kappa shape index (κ2) is 10.3. The number of aliphatic hydroxyl groups excluding tert-OH is 2. The molecule has 3 heterocycles. The van der Waals surface area contributed by atoms with Crippen LogP contribution < -0.4 is 15.5 Å². The quantitative estimate of drug-likeness (QED) is 0.513. The number of rotatable bonds is 2. The van der Waals surface area contributed by atoms with E-state index in [1.807, 2.05) is 20.8 Å². The van der Waals surface area contributed by atoms with Crippen molar-refractivity contribution < 1.29 is 19.8 Å². The summed E-state index contributed by atoms with van der Waals surface area (Å²) < 4.78 is 0. The maximum absolute atomic E-state index is 12.0. The molecule has 1 saturated heterocycles. The average Bonchev–Trinajstić information content (AvgIpc) is 2.96. The molecular weight excluding hydrogens is 440 g/mol. The first-order valence-corrected chi connectivity index (χ1v) is 10.7. The Balaban J connectivity index is 0.000000248. The Hall–Kier alpha value is -3.38. The molecule has 4 amide bonds. The van der Waals surface area contributed by atoms with Crippen LogP contribution in [-0.2, 0) is 10.8 Å². The number of hydrogen-bond donors (Lipinski definition) is 4. The Morgan fingerprint density at radius 3 is 1.91 bits per heavy atom. The van der Waals surface area contributed by atoms with Crippen molar-refractivity contribution in [3.8, 4) is 0 Å². The first-order chi connectivity index (χ1) is 15.7. The minimum atomic E-state index is -1.33. The summed E-state index contributed by atoms with van der Waals surface area (Å²) >= 11 is 0. The standard InChI is InChI=1S/C12H18N4O3.C10H16N4O/c1-12(2,3)7-5-8(14-6-13-7)16-10(18)9(17)15(4)11(16)19;1-10(2,3)7-5-8(13-6-12-7)14-9(15)11-4/h5-6,9-10,17-18H,1-4H3;5-6H,1-4H3,(H2,11,12,13,14,15). The Morgan fingerprint density at radius 1 is 0.912 bits per heavy atom. The molecule has 0 saturated carbocycles. The topological polar surface area (TPSA) is 157 Å². The van der Waals surface area contributed by atoms with E-state index in [1.165, 1.54) is 19.7 Å². The van der Waals surface area contributed by atoms with Gasteiger partial charge in [-0.25, -0.2) is 34.4 Å². The Kier molecular flexibility index (Phi) is 8.11. The molecule has 186 valence electrons. The zero-order valence-corrected chi connectivity index (χ0v) is 20.9. The molecule has 0 aromatic carbocycles. The van der Waals surface area contributed by atoms with Gasteiger partial charge < -0.3 is 15.5 Å². The summed E-state index contributed by atoms with van der Waals surface area (Å²) in [4.78, 5) is 41.4. The van der Waals surface area contributed by atoms with Gasteiger partial charge in [-0.2, -0.15) is 0 Å². The lowest BCUT2D eigenvalue weighted by molar-refractivity contribution is -0.0183. The van der Waals surface area contributed by atoms with Crippen molar-refractivity contribution in [2.75, 3.05) is 24.3 Å². The number of nitrogens with one attached hydrogen (secondary N) is 2. The molecular formula is C22H34N8O4. The third kappa shape index (κ3) is 6.35. The van der Waals surface area contributed by atoms with Gasteiger partial charge >= 0.3 is 12.1 Å². The van der Waals surface area contributed by atoms with Crippen molar-refractivity contribution in [1.82, 2.24) is 30.2 Å². The monoisotopic (exact) mass is 474 g/mol. The van der Waals surface area contributed by atoms with Gasteiger partial charge in [0.25, 0.3) is 0 Å². The molecule has 0 radical (unpaired) electrons. The van der Waals surface area contributed by atoms with Crippen LogP contribution in [-0.4, -0.2) is 73.7 Å². The number of anilines is 2. The molecule has 12 nitrogen and oxygen atoms in total. The van der Waals surface area contributed by atoms with Crippen molar-refractivity contribution in [3.05, 3.63) is 36.2 Å². The molecule has 1 fully saturated rings. The molecule has 1 aliphatic heterocycles. The number of amides is 4. The Morgan fingerprint density at radius 2 is 1.44 bits per heavy atom. The summed E-state index contributed by atoms with van der Waals surface area (Å²) in [6.45, 7) is 12.1. The van der Waals surface area contributed by atoms with Gasteiger partial charge in [0.1, 0.15) is 24.3 Å². The molecule has 1 aliphatic rings. The molecule has 0 spiro atoms. The average molecular weight is 475 g/mol. The van der Waals surface area contributed by atoms with Gasteiger partial charge in [0.05, 0.1) is 11.4 Å². The number of hydrogen-bond acceptors (Lipinski definition) is 8. The van der Waals surface area contributed by atoms with Gasteiger partial charge in [-0.05, 0) is 0 Å². The first-order valence-electron chi connectivity index (χ1n) is 10.7. The fraction of sp³-hybridized carbons (Fsp3) is 0.545. The van der Waals surface area contributed by atoms with Crippen molar-refractivity contribution >= 4 is 23.7 Å². The van der Waals surface area contributed by atoms with Gasteiger partial charge in [0.2, 0.25) is 0 Å². The van der Waals surface area contributed by atoms with E-state index in [4.69, 9.17) is 0 Å². The molecule has 4 N–H and O–H groups in total. The summed E-state index contributed by atoms with van der Waals surface area (Å²) in [6, 6.07) is 2.63. The summed E-state index contributed by atoms with van der Waals surface area (Å²) in [5.74, 6) is 0.787. The molecule has 2 unspecified atom stereocenters. The molecule has 34 heavy (non-hydrogen) atoms. The van der Waals surface area contributed by atoms with Gasteiger partial charge in [-0.3, -0.25) is 10.2 Å². The highest BCUT2D eigenvalue weighted by atomic mass is 16.4. The molecule has 3 rings (SSSR count). The van der Waals surface area contributed by atoms with E-state index < -0.39 is 18.5 Å². The van der Waals surface area contributed by atoms with Gasteiger partial charge in [-0.15, -0.1) is 0 Å². The minimum Gasteiger partial charge on any atom is -0.369 e. The van der Waals surface area contributed by atoms with Crippen molar-refractivity contribution in [2.24, 2.45) is 0 Å². The number of carbonyl (C=O) groups is 2. The van der Waals surface area contributed by atoms with E-state index in [1.54, 1.807) is 19.2 Å². The maximum Gasteiger partial charge on any atom is 0.329 e.